The second-order valence-corrected chi connectivity index (χ2v) is 8.16. The molecule has 2 aromatic carbocycles. The van der Waals surface area contributed by atoms with Gasteiger partial charge in [-0.15, -0.1) is 10.2 Å². The van der Waals surface area contributed by atoms with E-state index in [1.54, 1.807) is 11.6 Å². The van der Waals surface area contributed by atoms with E-state index in [2.05, 4.69) is 63.1 Å². The Kier molecular flexibility index (Phi) is 5.52. The summed E-state index contributed by atoms with van der Waals surface area (Å²) in [6.45, 7) is 5.97. The van der Waals surface area contributed by atoms with Crippen molar-refractivity contribution in [1.29, 1.82) is 0 Å². The third-order valence-corrected chi connectivity index (χ3v) is 6.17. The van der Waals surface area contributed by atoms with E-state index in [9.17, 15) is 4.79 Å². The van der Waals surface area contributed by atoms with Crippen molar-refractivity contribution >= 4 is 32.6 Å². The standard InChI is InChI=1S/C22H24BrN5O/c1-4-13-27(15(2)16-9-5-7-11-18(16)23)14-20-24-25-22-26(3)21(29)17-10-6-8-12-19(17)28(20)22/h5-12,15H,4,13-14H2,1-3H3. The first-order valence-electron chi connectivity index (χ1n) is 9.83. The molecule has 6 nitrogen and oxygen atoms in total. The largest absolute Gasteiger partial charge is 0.289 e. The van der Waals surface area contributed by atoms with Crippen molar-refractivity contribution in [1.82, 2.24) is 24.1 Å². The number of hydrogen-bond acceptors (Lipinski definition) is 4. The lowest BCUT2D eigenvalue weighted by Gasteiger charge is -2.29. The van der Waals surface area contributed by atoms with Crippen molar-refractivity contribution in [2.75, 3.05) is 6.54 Å². The number of halogens is 1. The van der Waals surface area contributed by atoms with Gasteiger partial charge < -0.3 is 0 Å². The molecule has 0 saturated carbocycles. The number of fused-ring (bicyclic) bond motifs is 3. The van der Waals surface area contributed by atoms with Crippen LogP contribution < -0.4 is 5.56 Å². The molecule has 0 aliphatic heterocycles. The minimum atomic E-state index is -0.0564. The van der Waals surface area contributed by atoms with Gasteiger partial charge in [-0.25, -0.2) is 0 Å². The molecule has 4 rings (SSSR count). The smallest absolute Gasteiger partial charge is 0.262 e. The van der Waals surface area contributed by atoms with E-state index in [1.807, 2.05) is 34.7 Å². The number of aryl methyl sites for hydroxylation is 1. The van der Waals surface area contributed by atoms with Gasteiger partial charge >= 0.3 is 0 Å². The van der Waals surface area contributed by atoms with E-state index in [4.69, 9.17) is 0 Å². The first-order chi connectivity index (χ1) is 14.0. The molecule has 0 amide bonds. The molecule has 2 aromatic heterocycles. The van der Waals surface area contributed by atoms with Crippen LogP contribution in [-0.2, 0) is 13.6 Å². The quantitative estimate of drug-likeness (QED) is 0.436. The van der Waals surface area contributed by atoms with E-state index in [1.165, 1.54) is 5.56 Å². The average molecular weight is 454 g/mol. The fraction of sp³-hybridized carbons (Fsp3) is 0.318. The highest BCUT2D eigenvalue weighted by Crippen LogP contribution is 2.29. The maximum atomic E-state index is 12.7. The van der Waals surface area contributed by atoms with Crippen LogP contribution in [0.15, 0.2) is 57.8 Å². The molecule has 0 saturated heterocycles. The minimum absolute atomic E-state index is 0.0564. The Morgan fingerprint density at radius 3 is 2.59 bits per heavy atom. The zero-order valence-electron chi connectivity index (χ0n) is 16.8. The van der Waals surface area contributed by atoms with Crippen LogP contribution in [0.1, 0.15) is 37.7 Å². The Balaban J connectivity index is 1.82. The molecule has 0 aliphatic carbocycles. The van der Waals surface area contributed by atoms with Crippen molar-refractivity contribution in [2.45, 2.75) is 32.9 Å². The van der Waals surface area contributed by atoms with Gasteiger partial charge in [0, 0.05) is 17.6 Å². The molecule has 0 aliphatic rings. The summed E-state index contributed by atoms with van der Waals surface area (Å²) in [4.78, 5) is 15.1. The molecule has 1 atom stereocenters. The van der Waals surface area contributed by atoms with Crippen LogP contribution >= 0.6 is 15.9 Å². The highest BCUT2D eigenvalue weighted by atomic mass is 79.9. The van der Waals surface area contributed by atoms with Crippen LogP contribution in [0.2, 0.25) is 0 Å². The molecule has 0 spiro atoms. The lowest BCUT2D eigenvalue weighted by atomic mass is 10.1. The van der Waals surface area contributed by atoms with E-state index in [-0.39, 0.29) is 11.6 Å². The molecule has 0 N–H and O–H groups in total. The Morgan fingerprint density at radius 1 is 1.10 bits per heavy atom. The maximum Gasteiger partial charge on any atom is 0.262 e. The SMILES string of the molecule is CCCN(Cc1nnc2n(C)c(=O)c3ccccc3n12)C(C)c1ccccc1Br. The van der Waals surface area contributed by atoms with Gasteiger partial charge in [0.05, 0.1) is 17.4 Å². The molecule has 4 aromatic rings. The second kappa shape index (κ2) is 8.08. The summed E-state index contributed by atoms with van der Waals surface area (Å²) in [7, 11) is 1.75. The maximum absolute atomic E-state index is 12.7. The van der Waals surface area contributed by atoms with Crippen molar-refractivity contribution in [3.8, 4) is 0 Å². The molecule has 0 bridgehead atoms. The van der Waals surface area contributed by atoms with Gasteiger partial charge in [-0.2, -0.15) is 0 Å². The van der Waals surface area contributed by atoms with Crippen molar-refractivity contribution in [3.63, 3.8) is 0 Å². The summed E-state index contributed by atoms with van der Waals surface area (Å²) in [5.74, 6) is 1.40. The third kappa shape index (κ3) is 3.49. The minimum Gasteiger partial charge on any atom is -0.289 e. The van der Waals surface area contributed by atoms with E-state index >= 15 is 0 Å². The molecule has 0 fully saturated rings. The van der Waals surface area contributed by atoms with Crippen molar-refractivity contribution < 1.29 is 0 Å². The average Bonchev–Trinajstić information content (AvgIpc) is 3.15. The summed E-state index contributed by atoms with van der Waals surface area (Å²) in [5, 5.41) is 9.47. The van der Waals surface area contributed by atoms with E-state index in [0.717, 1.165) is 28.8 Å². The second-order valence-electron chi connectivity index (χ2n) is 7.30. The Hall–Kier alpha value is -2.51. The monoisotopic (exact) mass is 453 g/mol. The van der Waals surface area contributed by atoms with Gasteiger partial charge in [0.1, 0.15) is 0 Å². The van der Waals surface area contributed by atoms with Crippen LogP contribution in [0.5, 0.6) is 0 Å². The lowest BCUT2D eigenvalue weighted by Crippen LogP contribution is -2.29. The Morgan fingerprint density at radius 2 is 1.83 bits per heavy atom. The number of rotatable bonds is 6. The van der Waals surface area contributed by atoms with Crippen LogP contribution in [0.3, 0.4) is 0 Å². The van der Waals surface area contributed by atoms with Gasteiger partial charge in [-0.3, -0.25) is 18.7 Å². The molecule has 150 valence electrons. The molecular weight excluding hydrogens is 430 g/mol. The van der Waals surface area contributed by atoms with Crippen molar-refractivity contribution in [2.24, 2.45) is 7.05 Å². The van der Waals surface area contributed by atoms with Crippen molar-refractivity contribution in [3.05, 3.63) is 74.7 Å². The molecule has 7 heteroatoms. The molecule has 1 unspecified atom stereocenters. The van der Waals surface area contributed by atoms with Crippen LogP contribution in [0.25, 0.3) is 16.7 Å². The van der Waals surface area contributed by atoms with Crippen LogP contribution in [-0.4, -0.2) is 30.6 Å². The number of hydrogen-bond donors (Lipinski definition) is 0. The van der Waals surface area contributed by atoms with Gasteiger partial charge in [0.2, 0.25) is 5.78 Å². The Labute approximate surface area is 177 Å². The zero-order valence-corrected chi connectivity index (χ0v) is 18.4. The van der Waals surface area contributed by atoms with Gasteiger partial charge in [-0.05, 0) is 43.7 Å². The normalized spacial score (nSPS) is 12.9. The number of aromatic nitrogens is 4. The molecule has 2 heterocycles. The highest BCUT2D eigenvalue weighted by molar-refractivity contribution is 9.10. The fourth-order valence-electron chi connectivity index (χ4n) is 3.88. The molecule has 29 heavy (non-hydrogen) atoms. The first kappa shape index (κ1) is 19.8. The highest BCUT2D eigenvalue weighted by Gasteiger charge is 2.21. The summed E-state index contributed by atoms with van der Waals surface area (Å²) >= 11 is 3.69. The predicted molar refractivity (Wildman–Crippen MR) is 119 cm³/mol. The van der Waals surface area contributed by atoms with Gasteiger partial charge in [0.25, 0.3) is 5.56 Å². The lowest BCUT2D eigenvalue weighted by molar-refractivity contribution is 0.195. The van der Waals surface area contributed by atoms with E-state index < -0.39 is 0 Å². The molecular formula is C22H24BrN5O. The summed E-state index contributed by atoms with van der Waals surface area (Å²) < 4.78 is 4.68. The first-order valence-corrected chi connectivity index (χ1v) is 10.6. The summed E-state index contributed by atoms with van der Waals surface area (Å²) in [5.41, 5.74) is 2.03. The third-order valence-electron chi connectivity index (χ3n) is 5.45. The number of nitrogens with zero attached hydrogens (tertiary/aromatic N) is 5. The Bertz CT molecular complexity index is 1230. The van der Waals surface area contributed by atoms with Crippen LogP contribution in [0.4, 0.5) is 0 Å². The van der Waals surface area contributed by atoms with Gasteiger partial charge in [-0.1, -0.05) is 53.2 Å². The predicted octanol–water partition coefficient (Wildman–Crippen LogP) is 4.32. The number of para-hydroxylation sites is 1. The zero-order chi connectivity index (χ0) is 20.5. The molecule has 0 radical (unpaired) electrons. The van der Waals surface area contributed by atoms with E-state index in [0.29, 0.717) is 17.7 Å². The summed E-state index contributed by atoms with van der Waals surface area (Å²) in [6.07, 6.45) is 1.03. The number of benzene rings is 2. The van der Waals surface area contributed by atoms with Gasteiger partial charge in [0.15, 0.2) is 5.82 Å². The summed E-state index contributed by atoms with van der Waals surface area (Å²) in [6, 6.07) is 16.2. The van der Waals surface area contributed by atoms with Crippen LogP contribution in [0, 0.1) is 0 Å². The fourth-order valence-corrected chi connectivity index (χ4v) is 4.50. The topological polar surface area (TPSA) is 55.4 Å².